The molecule has 0 aliphatic heterocycles. The van der Waals surface area contributed by atoms with E-state index in [1.54, 1.807) is 12.1 Å². The lowest BCUT2D eigenvalue weighted by molar-refractivity contribution is -0.306. The molecule has 2 rings (SSSR count). The molecule has 29 heavy (non-hydrogen) atoms. The van der Waals surface area contributed by atoms with Crippen LogP contribution in [-0.2, 0) is 11.3 Å². The Morgan fingerprint density at radius 1 is 1.10 bits per heavy atom. The van der Waals surface area contributed by atoms with Crippen LogP contribution in [0.2, 0.25) is 0 Å². The summed E-state index contributed by atoms with van der Waals surface area (Å²) < 4.78 is 95.6. The van der Waals surface area contributed by atoms with Gasteiger partial charge < -0.3 is 14.8 Å². The quantitative estimate of drug-likeness (QED) is 0.390. The summed E-state index contributed by atoms with van der Waals surface area (Å²) in [5.74, 6) is -4.32. The summed E-state index contributed by atoms with van der Waals surface area (Å²) in [4.78, 5) is 0. The Morgan fingerprint density at radius 2 is 1.86 bits per heavy atom. The molecule has 0 unspecified atom stereocenters. The van der Waals surface area contributed by atoms with Gasteiger partial charge in [0.05, 0.1) is 0 Å². The highest BCUT2D eigenvalue weighted by molar-refractivity contribution is 5.29. The topological polar surface area (TPSA) is 30.5 Å². The lowest BCUT2D eigenvalue weighted by Crippen LogP contribution is -2.33. The second-order valence-corrected chi connectivity index (χ2v) is 6.40. The molecule has 0 spiro atoms. The number of rotatable bonds is 10. The zero-order chi connectivity index (χ0) is 21.5. The molecule has 0 aromatic heterocycles. The molecule has 0 radical (unpaired) electrons. The summed E-state index contributed by atoms with van der Waals surface area (Å²) in [6.07, 6.45) is -4.19. The Morgan fingerprint density at radius 3 is 2.55 bits per heavy atom. The Hall–Kier alpha value is -2.23. The van der Waals surface area contributed by atoms with Crippen LogP contribution in [0.15, 0.2) is 47.7 Å². The molecule has 162 valence electrons. The molecule has 0 atom stereocenters. The van der Waals surface area contributed by atoms with Crippen LogP contribution in [0.1, 0.15) is 24.8 Å². The van der Waals surface area contributed by atoms with Gasteiger partial charge in [0.2, 0.25) is 0 Å². The molecule has 3 nitrogen and oxygen atoms in total. The summed E-state index contributed by atoms with van der Waals surface area (Å²) in [5, 5.41) is 3.07. The van der Waals surface area contributed by atoms with E-state index < -0.39 is 25.3 Å². The fraction of sp³-hybridized carbons (Fsp3) is 0.474. The van der Waals surface area contributed by atoms with Crippen molar-refractivity contribution >= 4 is 0 Å². The summed E-state index contributed by atoms with van der Waals surface area (Å²) >= 11 is 0. The van der Waals surface area contributed by atoms with Gasteiger partial charge in [0.25, 0.3) is 0 Å². The lowest BCUT2D eigenvalue weighted by atomic mass is 10.0. The summed E-state index contributed by atoms with van der Waals surface area (Å²) in [5.41, 5.74) is 1.39. The van der Waals surface area contributed by atoms with E-state index in [2.05, 4.69) is 10.1 Å². The van der Waals surface area contributed by atoms with Crippen molar-refractivity contribution in [2.45, 2.75) is 44.5 Å². The third-order valence-corrected chi connectivity index (χ3v) is 3.96. The van der Waals surface area contributed by atoms with Gasteiger partial charge in [-0.25, -0.2) is 8.78 Å². The Bertz CT molecular complexity index is 730. The van der Waals surface area contributed by atoms with Crippen molar-refractivity contribution < 1.29 is 40.2 Å². The monoisotopic (exact) mass is 427 g/mol. The number of alkyl halides is 7. The molecule has 1 aromatic rings. The largest absolute Gasteiger partial charge is 0.572 e. The molecule has 0 heterocycles. The van der Waals surface area contributed by atoms with Crippen LogP contribution in [0, 0.1) is 0 Å². The van der Waals surface area contributed by atoms with Crippen LogP contribution in [0.3, 0.4) is 0 Å². The number of ether oxygens (including phenoxy) is 2. The average molecular weight is 427 g/mol. The molecular formula is C19H20F7NO2. The summed E-state index contributed by atoms with van der Waals surface area (Å²) in [6.45, 7) is -0.633. The summed E-state index contributed by atoms with van der Waals surface area (Å²) in [7, 11) is 0. The van der Waals surface area contributed by atoms with E-state index in [0.717, 1.165) is 0 Å². The van der Waals surface area contributed by atoms with Crippen molar-refractivity contribution in [3.8, 4) is 5.75 Å². The second kappa shape index (κ2) is 10.00. The van der Waals surface area contributed by atoms with Crippen LogP contribution >= 0.6 is 0 Å². The first-order valence-electron chi connectivity index (χ1n) is 8.79. The van der Waals surface area contributed by atoms with E-state index in [1.165, 1.54) is 18.2 Å². The highest BCUT2D eigenvalue weighted by atomic mass is 19.4. The first-order valence-corrected chi connectivity index (χ1v) is 8.79. The fourth-order valence-corrected chi connectivity index (χ4v) is 2.59. The van der Waals surface area contributed by atoms with E-state index in [4.69, 9.17) is 4.74 Å². The third-order valence-electron chi connectivity index (χ3n) is 3.96. The van der Waals surface area contributed by atoms with Crippen LogP contribution in [0.25, 0.3) is 0 Å². The smallest absolute Gasteiger partial charge is 0.487 e. The summed E-state index contributed by atoms with van der Waals surface area (Å²) in [6, 6.07) is 6.06. The lowest BCUT2D eigenvalue weighted by Gasteiger charge is -2.17. The fourth-order valence-electron chi connectivity index (χ4n) is 2.59. The molecule has 10 heteroatoms. The maximum atomic E-state index is 12.9. The van der Waals surface area contributed by atoms with Gasteiger partial charge in [-0.3, -0.25) is 0 Å². The molecular weight excluding hydrogens is 407 g/mol. The zero-order valence-electron chi connectivity index (χ0n) is 15.2. The van der Waals surface area contributed by atoms with Crippen molar-refractivity contribution in [1.82, 2.24) is 5.32 Å². The Kier molecular flexibility index (Phi) is 7.95. The molecule has 1 aromatic carbocycles. The average Bonchev–Trinajstić information content (AvgIpc) is 2.63. The second-order valence-electron chi connectivity index (χ2n) is 6.40. The number of allylic oxidation sites excluding steroid dienone is 3. The molecule has 0 saturated heterocycles. The Balaban J connectivity index is 1.77. The number of nitrogens with one attached hydrogen (secondary N) is 1. The minimum atomic E-state index is -4.71. The molecule has 0 bridgehead atoms. The number of hydrogen-bond donors (Lipinski definition) is 1. The van der Waals surface area contributed by atoms with Gasteiger partial charge in [-0.1, -0.05) is 18.2 Å². The first kappa shape index (κ1) is 23.1. The molecule has 1 aliphatic carbocycles. The van der Waals surface area contributed by atoms with Gasteiger partial charge in [0, 0.05) is 13.0 Å². The van der Waals surface area contributed by atoms with Gasteiger partial charge in [0.15, 0.2) is 6.61 Å². The van der Waals surface area contributed by atoms with Gasteiger partial charge in [-0.05, 0) is 48.7 Å². The van der Waals surface area contributed by atoms with Gasteiger partial charge >= 0.3 is 18.7 Å². The van der Waals surface area contributed by atoms with Gasteiger partial charge in [0.1, 0.15) is 11.5 Å². The molecule has 0 fully saturated rings. The molecule has 1 aliphatic rings. The maximum Gasteiger partial charge on any atom is 0.572 e. The Labute approximate surface area is 163 Å². The highest BCUT2D eigenvalue weighted by Gasteiger charge is 2.41. The van der Waals surface area contributed by atoms with E-state index in [1.807, 2.05) is 6.08 Å². The SMILES string of the molecule is FC(F)C(F)(F)COc1cccc(CNCCC2=CCCC(OC(F)(F)F)=C2)c1. The third kappa shape index (κ3) is 8.35. The van der Waals surface area contributed by atoms with E-state index in [9.17, 15) is 30.7 Å². The minimum Gasteiger partial charge on any atom is -0.487 e. The molecule has 1 N–H and O–H groups in total. The van der Waals surface area contributed by atoms with E-state index in [-0.39, 0.29) is 17.9 Å². The van der Waals surface area contributed by atoms with Gasteiger partial charge in [-0.2, -0.15) is 8.78 Å². The standard InChI is InChI=1S/C19H20F7NO2/c20-17(21)18(22,23)12-28-15-5-2-4-14(10-15)11-27-8-7-13-3-1-6-16(9-13)29-19(24,25)26/h2-5,9-10,17,27H,1,6-8,11-12H2. The number of halogens is 7. The minimum absolute atomic E-state index is 0.0384. The molecule has 0 amide bonds. The van der Waals surface area contributed by atoms with Crippen molar-refractivity contribution in [1.29, 1.82) is 0 Å². The van der Waals surface area contributed by atoms with Crippen molar-refractivity contribution in [2.75, 3.05) is 13.2 Å². The maximum absolute atomic E-state index is 12.9. The van der Waals surface area contributed by atoms with E-state index >= 15 is 0 Å². The zero-order valence-corrected chi connectivity index (χ0v) is 15.2. The highest BCUT2D eigenvalue weighted by Crippen LogP contribution is 2.28. The van der Waals surface area contributed by atoms with Crippen LogP contribution in [-0.4, -0.2) is 31.9 Å². The first-order chi connectivity index (χ1) is 13.5. The van der Waals surface area contributed by atoms with E-state index in [0.29, 0.717) is 37.1 Å². The van der Waals surface area contributed by atoms with Crippen LogP contribution < -0.4 is 10.1 Å². The van der Waals surface area contributed by atoms with Crippen molar-refractivity contribution in [2.24, 2.45) is 0 Å². The van der Waals surface area contributed by atoms with Crippen molar-refractivity contribution in [3.05, 3.63) is 53.3 Å². The predicted molar refractivity (Wildman–Crippen MR) is 91.8 cm³/mol. The number of benzene rings is 1. The van der Waals surface area contributed by atoms with Gasteiger partial charge in [-0.15, -0.1) is 13.2 Å². The van der Waals surface area contributed by atoms with Crippen LogP contribution in [0.4, 0.5) is 30.7 Å². The predicted octanol–water partition coefficient (Wildman–Crippen LogP) is 5.59. The van der Waals surface area contributed by atoms with Crippen molar-refractivity contribution in [3.63, 3.8) is 0 Å². The number of hydrogen-bond acceptors (Lipinski definition) is 3. The van der Waals surface area contributed by atoms with Crippen LogP contribution in [0.5, 0.6) is 5.75 Å². The normalized spacial score (nSPS) is 15.2. The molecule has 0 saturated carbocycles.